The lowest BCUT2D eigenvalue weighted by Gasteiger charge is -2.22. The van der Waals surface area contributed by atoms with Gasteiger partial charge in [0.05, 0.1) is 24.3 Å². The number of carbonyl (C=O) groups is 2. The van der Waals surface area contributed by atoms with Crippen LogP contribution in [0.1, 0.15) is 12.0 Å². The van der Waals surface area contributed by atoms with Gasteiger partial charge in [-0.3, -0.25) is 9.59 Å². The Labute approximate surface area is 135 Å². The van der Waals surface area contributed by atoms with Crippen LogP contribution >= 0.6 is 0 Å². The molecule has 7 nitrogen and oxygen atoms in total. The minimum absolute atomic E-state index is 0.0443. The monoisotopic (exact) mass is 340 g/mol. The van der Waals surface area contributed by atoms with E-state index in [4.69, 9.17) is 4.74 Å². The van der Waals surface area contributed by atoms with Gasteiger partial charge in [0.2, 0.25) is 0 Å². The molecule has 2 amide bonds. The summed E-state index contributed by atoms with van der Waals surface area (Å²) in [5.74, 6) is -1.20. The third-order valence-corrected chi connectivity index (χ3v) is 5.62. The van der Waals surface area contributed by atoms with Gasteiger partial charge in [0.25, 0.3) is 0 Å². The van der Waals surface area contributed by atoms with Crippen LogP contribution in [0.2, 0.25) is 0 Å². The summed E-state index contributed by atoms with van der Waals surface area (Å²) in [5.41, 5.74) is 1.31. The molecule has 23 heavy (non-hydrogen) atoms. The molecule has 1 heterocycles. The molecule has 1 N–H and O–H groups in total. The molecule has 1 fully saturated rings. The van der Waals surface area contributed by atoms with Gasteiger partial charge in [-0.2, -0.15) is 0 Å². The van der Waals surface area contributed by atoms with Crippen molar-refractivity contribution in [2.24, 2.45) is 0 Å². The zero-order valence-electron chi connectivity index (χ0n) is 13.3. The Morgan fingerprint density at radius 2 is 2.04 bits per heavy atom. The van der Waals surface area contributed by atoms with Crippen LogP contribution in [-0.2, 0) is 19.4 Å². The Kier molecular flexibility index (Phi) is 4.93. The minimum Gasteiger partial charge on any atom is -0.495 e. The van der Waals surface area contributed by atoms with E-state index in [2.05, 4.69) is 5.32 Å². The molecule has 1 aliphatic rings. The van der Waals surface area contributed by atoms with Crippen molar-refractivity contribution in [1.82, 2.24) is 4.90 Å². The second-order valence-electron chi connectivity index (χ2n) is 5.63. The van der Waals surface area contributed by atoms with Gasteiger partial charge in [-0.1, -0.05) is 6.07 Å². The smallest absolute Gasteiger partial charge is 0.314 e. The summed E-state index contributed by atoms with van der Waals surface area (Å²) in [4.78, 5) is 25.5. The SMILES string of the molecule is COc1ccc(C)cc1NC(=O)C(=O)N(C)C1CCS(=O)(=O)C1. The first-order valence-electron chi connectivity index (χ1n) is 7.16. The highest BCUT2D eigenvalue weighted by Gasteiger charge is 2.34. The fourth-order valence-electron chi connectivity index (χ4n) is 2.50. The number of likely N-dealkylation sites (N-methyl/N-ethyl adjacent to an activating group) is 1. The molecule has 0 saturated carbocycles. The van der Waals surface area contributed by atoms with E-state index in [1.165, 1.54) is 19.1 Å². The molecule has 1 aromatic rings. The Morgan fingerprint density at radius 3 is 2.61 bits per heavy atom. The average molecular weight is 340 g/mol. The van der Waals surface area contributed by atoms with Crippen LogP contribution in [0.15, 0.2) is 18.2 Å². The Hall–Kier alpha value is -2.09. The Balaban J connectivity index is 2.09. The maximum absolute atomic E-state index is 12.2. The molecule has 0 spiro atoms. The van der Waals surface area contributed by atoms with E-state index in [-0.39, 0.29) is 11.5 Å². The molecule has 8 heteroatoms. The van der Waals surface area contributed by atoms with E-state index in [9.17, 15) is 18.0 Å². The van der Waals surface area contributed by atoms with E-state index in [0.29, 0.717) is 17.9 Å². The van der Waals surface area contributed by atoms with E-state index in [1.807, 2.05) is 13.0 Å². The van der Waals surface area contributed by atoms with Gasteiger partial charge in [-0.25, -0.2) is 8.42 Å². The number of amides is 2. The second kappa shape index (κ2) is 6.57. The molecule has 0 aromatic heterocycles. The largest absolute Gasteiger partial charge is 0.495 e. The van der Waals surface area contributed by atoms with Crippen molar-refractivity contribution in [2.45, 2.75) is 19.4 Å². The topological polar surface area (TPSA) is 92.8 Å². The van der Waals surface area contributed by atoms with Crippen molar-refractivity contribution in [3.8, 4) is 5.75 Å². The van der Waals surface area contributed by atoms with Crippen molar-refractivity contribution in [3.05, 3.63) is 23.8 Å². The molecular formula is C15H20N2O5S. The normalized spacial score (nSPS) is 19.2. The van der Waals surface area contributed by atoms with Crippen LogP contribution in [0.4, 0.5) is 5.69 Å². The summed E-state index contributed by atoms with van der Waals surface area (Å²) in [7, 11) is -0.205. The lowest BCUT2D eigenvalue weighted by molar-refractivity contribution is -0.143. The quantitative estimate of drug-likeness (QED) is 0.813. The zero-order valence-corrected chi connectivity index (χ0v) is 14.1. The highest BCUT2D eigenvalue weighted by molar-refractivity contribution is 7.91. The zero-order chi connectivity index (χ0) is 17.2. The molecule has 1 atom stereocenters. The summed E-state index contributed by atoms with van der Waals surface area (Å²) in [6, 6.07) is 4.76. The molecule has 0 bridgehead atoms. The Bertz CT molecular complexity index is 729. The molecule has 1 unspecified atom stereocenters. The number of nitrogens with one attached hydrogen (secondary N) is 1. The highest BCUT2D eigenvalue weighted by Crippen LogP contribution is 2.25. The summed E-state index contributed by atoms with van der Waals surface area (Å²) >= 11 is 0. The van der Waals surface area contributed by atoms with Gasteiger partial charge in [0.15, 0.2) is 9.84 Å². The maximum atomic E-state index is 12.2. The second-order valence-corrected chi connectivity index (χ2v) is 7.86. The van der Waals surface area contributed by atoms with Gasteiger partial charge in [-0.15, -0.1) is 0 Å². The number of benzene rings is 1. The van der Waals surface area contributed by atoms with Gasteiger partial charge < -0.3 is 15.0 Å². The average Bonchev–Trinajstić information content (AvgIpc) is 2.86. The van der Waals surface area contributed by atoms with Crippen molar-refractivity contribution < 1.29 is 22.7 Å². The summed E-state index contributed by atoms with van der Waals surface area (Å²) in [6.45, 7) is 1.85. The van der Waals surface area contributed by atoms with E-state index >= 15 is 0 Å². The third-order valence-electron chi connectivity index (χ3n) is 3.87. The van der Waals surface area contributed by atoms with Crippen LogP contribution in [0.5, 0.6) is 5.75 Å². The summed E-state index contributed by atoms with van der Waals surface area (Å²) < 4.78 is 28.1. The first-order valence-corrected chi connectivity index (χ1v) is 8.99. The number of rotatable bonds is 3. The minimum atomic E-state index is -3.12. The van der Waals surface area contributed by atoms with Crippen LogP contribution in [-0.4, -0.2) is 56.8 Å². The molecule has 126 valence electrons. The molecule has 1 saturated heterocycles. The molecule has 2 rings (SSSR count). The van der Waals surface area contributed by atoms with Crippen LogP contribution in [0.3, 0.4) is 0 Å². The lowest BCUT2D eigenvalue weighted by Crippen LogP contribution is -2.43. The molecule has 0 radical (unpaired) electrons. The number of sulfone groups is 1. The molecule has 0 aliphatic carbocycles. The Morgan fingerprint density at radius 1 is 1.35 bits per heavy atom. The van der Waals surface area contributed by atoms with E-state index in [1.54, 1.807) is 12.1 Å². The first-order chi connectivity index (χ1) is 10.7. The number of hydrogen-bond acceptors (Lipinski definition) is 5. The van der Waals surface area contributed by atoms with Crippen molar-refractivity contribution >= 4 is 27.3 Å². The van der Waals surface area contributed by atoms with Crippen molar-refractivity contribution in [1.29, 1.82) is 0 Å². The number of carbonyl (C=O) groups excluding carboxylic acids is 2. The van der Waals surface area contributed by atoms with Gasteiger partial charge in [0, 0.05) is 13.1 Å². The third kappa shape index (κ3) is 4.01. The predicted molar refractivity (Wildman–Crippen MR) is 86.2 cm³/mol. The molecular weight excluding hydrogens is 320 g/mol. The van der Waals surface area contributed by atoms with Crippen LogP contribution < -0.4 is 10.1 Å². The summed E-state index contributed by atoms with van der Waals surface area (Å²) in [5, 5.41) is 2.52. The number of ether oxygens (including phenoxy) is 1. The van der Waals surface area contributed by atoms with Gasteiger partial charge >= 0.3 is 11.8 Å². The van der Waals surface area contributed by atoms with Crippen molar-refractivity contribution in [2.75, 3.05) is 31.0 Å². The van der Waals surface area contributed by atoms with Gasteiger partial charge in [0.1, 0.15) is 5.75 Å². The highest BCUT2D eigenvalue weighted by atomic mass is 32.2. The number of nitrogens with zero attached hydrogens (tertiary/aromatic N) is 1. The number of hydrogen-bond donors (Lipinski definition) is 1. The fraction of sp³-hybridized carbons (Fsp3) is 0.467. The number of aryl methyl sites for hydroxylation is 1. The van der Waals surface area contributed by atoms with E-state index in [0.717, 1.165) is 5.56 Å². The fourth-order valence-corrected chi connectivity index (χ4v) is 4.28. The van der Waals surface area contributed by atoms with E-state index < -0.39 is 27.7 Å². The number of methoxy groups -OCH3 is 1. The van der Waals surface area contributed by atoms with Crippen molar-refractivity contribution in [3.63, 3.8) is 0 Å². The summed E-state index contributed by atoms with van der Waals surface area (Å²) in [6.07, 6.45) is 0.353. The number of anilines is 1. The standard InChI is InChI=1S/C15H20N2O5S/c1-10-4-5-13(22-3)12(8-10)16-14(18)15(19)17(2)11-6-7-23(20,21)9-11/h4-5,8,11H,6-7,9H2,1-3H3,(H,16,18). The first kappa shape index (κ1) is 17.3. The molecule has 1 aliphatic heterocycles. The maximum Gasteiger partial charge on any atom is 0.314 e. The predicted octanol–water partition coefficient (Wildman–Crippen LogP) is 0.588. The van der Waals surface area contributed by atoms with Gasteiger partial charge in [-0.05, 0) is 31.0 Å². The van der Waals surface area contributed by atoms with Crippen LogP contribution in [0.25, 0.3) is 0 Å². The lowest BCUT2D eigenvalue weighted by atomic mass is 10.2. The molecule has 1 aromatic carbocycles. The van der Waals surface area contributed by atoms with Crippen LogP contribution in [0, 0.1) is 6.92 Å².